The van der Waals surface area contributed by atoms with Crippen LogP contribution in [0.25, 0.3) is 0 Å². The van der Waals surface area contributed by atoms with Gasteiger partial charge in [-0.05, 0) is 43.9 Å². The predicted molar refractivity (Wildman–Crippen MR) is 99.9 cm³/mol. The van der Waals surface area contributed by atoms with Crippen LogP contribution in [0.1, 0.15) is 37.8 Å². The first kappa shape index (κ1) is 18.1. The Hall–Kier alpha value is -2.69. The number of carbonyl (C=O) groups is 2. The molecule has 3 rings (SSSR count). The van der Waals surface area contributed by atoms with E-state index in [1.807, 2.05) is 61.2 Å². The summed E-state index contributed by atoms with van der Waals surface area (Å²) in [6, 6.07) is 13.7. The van der Waals surface area contributed by atoms with Crippen LogP contribution >= 0.6 is 0 Å². The molecule has 2 aromatic rings. The highest BCUT2D eigenvalue weighted by Gasteiger charge is 2.58. The molecule has 1 aliphatic rings. The Balaban J connectivity index is 1.68. The minimum Gasteiger partial charge on any atom is -0.351 e. The molecule has 0 spiro atoms. The molecular weight excluding hydrogens is 326 g/mol. The highest BCUT2D eigenvalue weighted by Crippen LogP contribution is 2.48. The molecule has 136 valence electrons. The Morgan fingerprint density at radius 1 is 1.12 bits per heavy atom. The number of hydrogen-bond donors (Lipinski definition) is 1. The molecule has 0 atom stereocenters. The van der Waals surface area contributed by atoms with Gasteiger partial charge in [0.25, 0.3) is 0 Å². The van der Waals surface area contributed by atoms with Gasteiger partial charge in [0, 0.05) is 31.5 Å². The summed E-state index contributed by atoms with van der Waals surface area (Å²) in [5, 5.41) is 2.91. The van der Waals surface area contributed by atoms with Crippen molar-refractivity contribution in [2.75, 3.05) is 0 Å². The first-order chi connectivity index (χ1) is 12.5. The molecule has 0 radical (unpaired) electrons. The number of hydrogen-bond acceptors (Lipinski definition) is 3. The summed E-state index contributed by atoms with van der Waals surface area (Å²) < 4.78 is 0. The van der Waals surface area contributed by atoms with Crippen LogP contribution in [0.2, 0.25) is 0 Å². The molecule has 0 bridgehead atoms. The van der Waals surface area contributed by atoms with E-state index in [1.165, 1.54) is 0 Å². The summed E-state index contributed by atoms with van der Waals surface area (Å²) >= 11 is 0. The molecule has 0 unspecified atom stereocenters. The fraction of sp³-hybridized carbons (Fsp3) is 0.381. The molecule has 26 heavy (non-hydrogen) atoms. The monoisotopic (exact) mass is 351 g/mol. The van der Waals surface area contributed by atoms with Gasteiger partial charge in [-0.2, -0.15) is 0 Å². The number of benzene rings is 1. The van der Waals surface area contributed by atoms with Crippen molar-refractivity contribution in [2.24, 2.45) is 5.41 Å². The van der Waals surface area contributed by atoms with Crippen LogP contribution in [0.3, 0.4) is 0 Å². The second-order valence-electron chi connectivity index (χ2n) is 7.14. The molecular formula is C21H25N3O2. The van der Waals surface area contributed by atoms with Crippen LogP contribution in [0, 0.1) is 5.41 Å². The fourth-order valence-electron chi connectivity index (χ4n) is 3.06. The van der Waals surface area contributed by atoms with Gasteiger partial charge in [0.1, 0.15) is 5.41 Å². The zero-order valence-corrected chi connectivity index (χ0v) is 15.3. The zero-order valence-electron chi connectivity index (χ0n) is 15.3. The largest absolute Gasteiger partial charge is 0.351 e. The lowest BCUT2D eigenvalue weighted by atomic mass is 10.0. The van der Waals surface area contributed by atoms with Gasteiger partial charge in [0.15, 0.2) is 0 Å². The maximum atomic E-state index is 13.2. The molecule has 5 nitrogen and oxygen atoms in total. The van der Waals surface area contributed by atoms with E-state index >= 15 is 0 Å². The normalized spacial score (nSPS) is 14.7. The van der Waals surface area contributed by atoms with Crippen molar-refractivity contribution < 1.29 is 9.59 Å². The van der Waals surface area contributed by atoms with E-state index < -0.39 is 5.41 Å². The minimum absolute atomic E-state index is 0.0336. The first-order valence-electron chi connectivity index (χ1n) is 9.05. The number of aromatic nitrogens is 1. The second-order valence-corrected chi connectivity index (χ2v) is 7.14. The standard InChI is InChI=1S/C21H25N3O2/c1-16(2)24(15-17-7-4-3-5-8-17)20(26)21(10-11-21)19(25)23-14-18-9-6-12-22-13-18/h3-9,12-13,16H,10-11,14-15H2,1-2H3,(H,23,25). The van der Waals surface area contributed by atoms with Gasteiger partial charge >= 0.3 is 0 Å². The number of pyridine rings is 1. The summed E-state index contributed by atoms with van der Waals surface area (Å²) in [6.45, 7) is 4.89. The maximum Gasteiger partial charge on any atom is 0.238 e. The molecule has 1 heterocycles. The van der Waals surface area contributed by atoms with Crippen LogP contribution in [-0.2, 0) is 22.7 Å². The number of amides is 2. The average molecular weight is 351 g/mol. The highest BCUT2D eigenvalue weighted by atomic mass is 16.2. The van der Waals surface area contributed by atoms with Crippen LogP contribution < -0.4 is 5.32 Å². The lowest BCUT2D eigenvalue weighted by molar-refractivity contribution is -0.146. The Morgan fingerprint density at radius 3 is 2.38 bits per heavy atom. The van der Waals surface area contributed by atoms with Gasteiger partial charge in [-0.1, -0.05) is 36.4 Å². The van der Waals surface area contributed by atoms with Gasteiger partial charge in [0.2, 0.25) is 11.8 Å². The maximum absolute atomic E-state index is 13.2. The van der Waals surface area contributed by atoms with Crippen molar-refractivity contribution in [1.82, 2.24) is 15.2 Å². The summed E-state index contributed by atoms with van der Waals surface area (Å²) in [5.41, 5.74) is 1.09. The van der Waals surface area contributed by atoms with Gasteiger partial charge in [0.05, 0.1) is 0 Å². The number of nitrogens with zero attached hydrogens (tertiary/aromatic N) is 2. The Kier molecular flexibility index (Phi) is 5.35. The lowest BCUT2D eigenvalue weighted by Gasteiger charge is -2.30. The minimum atomic E-state index is -0.902. The molecule has 1 N–H and O–H groups in total. The quantitative estimate of drug-likeness (QED) is 0.780. The van der Waals surface area contributed by atoms with E-state index in [2.05, 4.69) is 10.3 Å². The molecule has 2 amide bonds. The molecule has 0 aliphatic heterocycles. The molecule has 1 aromatic heterocycles. The Labute approximate surface area is 154 Å². The molecule has 5 heteroatoms. The smallest absolute Gasteiger partial charge is 0.238 e. The van der Waals surface area contributed by atoms with Gasteiger partial charge in [-0.3, -0.25) is 14.6 Å². The summed E-state index contributed by atoms with van der Waals surface area (Å²) in [4.78, 5) is 31.8. The van der Waals surface area contributed by atoms with Crippen LogP contribution in [0.15, 0.2) is 54.9 Å². The third kappa shape index (κ3) is 3.93. The van der Waals surface area contributed by atoms with Gasteiger partial charge < -0.3 is 10.2 Å². The second kappa shape index (κ2) is 7.68. The SMILES string of the molecule is CC(C)N(Cc1ccccc1)C(=O)C1(C(=O)NCc2cccnc2)CC1. The third-order valence-electron chi connectivity index (χ3n) is 4.85. The Morgan fingerprint density at radius 2 is 1.81 bits per heavy atom. The number of nitrogens with one attached hydrogen (secondary N) is 1. The van der Waals surface area contributed by atoms with E-state index in [-0.39, 0.29) is 17.9 Å². The van der Waals surface area contributed by atoms with E-state index in [0.29, 0.717) is 25.9 Å². The van der Waals surface area contributed by atoms with Crippen LogP contribution in [0.4, 0.5) is 0 Å². The highest BCUT2D eigenvalue weighted by molar-refractivity contribution is 6.07. The van der Waals surface area contributed by atoms with Crippen LogP contribution in [-0.4, -0.2) is 27.7 Å². The number of carbonyl (C=O) groups excluding carboxylic acids is 2. The van der Waals surface area contributed by atoms with E-state index in [0.717, 1.165) is 11.1 Å². The third-order valence-corrected chi connectivity index (χ3v) is 4.85. The summed E-state index contributed by atoms with van der Waals surface area (Å²) in [7, 11) is 0. The van der Waals surface area contributed by atoms with E-state index in [9.17, 15) is 9.59 Å². The topological polar surface area (TPSA) is 62.3 Å². The van der Waals surface area contributed by atoms with E-state index in [4.69, 9.17) is 0 Å². The van der Waals surface area contributed by atoms with Crippen molar-refractivity contribution in [3.05, 3.63) is 66.0 Å². The van der Waals surface area contributed by atoms with Crippen molar-refractivity contribution >= 4 is 11.8 Å². The molecule has 1 aliphatic carbocycles. The van der Waals surface area contributed by atoms with Crippen molar-refractivity contribution in [2.45, 2.75) is 45.8 Å². The van der Waals surface area contributed by atoms with Crippen molar-refractivity contribution in [3.63, 3.8) is 0 Å². The molecule has 1 aromatic carbocycles. The summed E-state index contributed by atoms with van der Waals surface area (Å²) in [6.07, 6.45) is 4.64. The summed E-state index contributed by atoms with van der Waals surface area (Å²) in [5.74, 6) is -0.245. The molecule has 1 fully saturated rings. The molecule has 1 saturated carbocycles. The Bertz CT molecular complexity index is 755. The molecule has 0 saturated heterocycles. The van der Waals surface area contributed by atoms with Gasteiger partial charge in [-0.15, -0.1) is 0 Å². The van der Waals surface area contributed by atoms with Crippen LogP contribution in [0.5, 0.6) is 0 Å². The average Bonchev–Trinajstić information content (AvgIpc) is 3.47. The fourth-order valence-corrected chi connectivity index (χ4v) is 3.06. The lowest BCUT2D eigenvalue weighted by Crippen LogP contribution is -2.47. The van der Waals surface area contributed by atoms with Crippen molar-refractivity contribution in [3.8, 4) is 0 Å². The zero-order chi connectivity index (χ0) is 18.6. The number of rotatable bonds is 7. The predicted octanol–water partition coefficient (Wildman–Crippen LogP) is 2.92. The van der Waals surface area contributed by atoms with Crippen molar-refractivity contribution in [1.29, 1.82) is 0 Å². The first-order valence-corrected chi connectivity index (χ1v) is 9.05. The van der Waals surface area contributed by atoms with Gasteiger partial charge in [-0.25, -0.2) is 0 Å². The van der Waals surface area contributed by atoms with E-state index in [1.54, 1.807) is 12.4 Å².